The van der Waals surface area contributed by atoms with E-state index in [0.29, 0.717) is 18.5 Å². The van der Waals surface area contributed by atoms with Crippen molar-refractivity contribution < 1.29 is 17.9 Å². The predicted molar refractivity (Wildman–Crippen MR) is 131 cm³/mol. The first-order valence-corrected chi connectivity index (χ1v) is 13.3. The highest BCUT2D eigenvalue weighted by molar-refractivity contribution is 7.90. The van der Waals surface area contributed by atoms with Crippen LogP contribution < -0.4 is 10.0 Å². The molecule has 9 heteroatoms. The summed E-state index contributed by atoms with van der Waals surface area (Å²) in [5.41, 5.74) is 2.75. The monoisotopic (exact) mass is 484 g/mol. The molecule has 0 bridgehead atoms. The standard InChI is InChI=1S/C25H32N4O4S/c1-2-3-7-22(27-24-21-6-4-5-8-23(21)34(31,32)28-24)25(30)26-17-19-9-11-20(12-10-19)18-29-13-15-33-16-14-29/h4-6,8-12,22H,2-3,7,13-18H2,1H3,(H,26,30)(H,27,28). The molecule has 182 valence electrons. The number of carbonyl (C=O) groups is 1. The topological polar surface area (TPSA) is 100 Å². The van der Waals surface area contributed by atoms with Crippen molar-refractivity contribution in [3.63, 3.8) is 0 Å². The highest BCUT2D eigenvalue weighted by atomic mass is 32.2. The molecule has 4 rings (SSSR count). The molecule has 34 heavy (non-hydrogen) atoms. The van der Waals surface area contributed by atoms with E-state index in [1.807, 2.05) is 19.1 Å². The van der Waals surface area contributed by atoms with Gasteiger partial charge >= 0.3 is 0 Å². The Morgan fingerprint density at radius 2 is 1.82 bits per heavy atom. The quantitative estimate of drug-likeness (QED) is 0.570. The van der Waals surface area contributed by atoms with Gasteiger partial charge in [0.1, 0.15) is 11.9 Å². The highest BCUT2D eigenvalue weighted by Gasteiger charge is 2.31. The maximum Gasteiger partial charge on any atom is 0.263 e. The lowest BCUT2D eigenvalue weighted by molar-refractivity contribution is -0.122. The van der Waals surface area contributed by atoms with E-state index >= 15 is 0 Å². The lowest BCUT2D eigenvalue weighted by Crippen LogP contribution is -2.35. The minimum atomic E-state index is -3.64. The number of benzene rings is 2. The van der Waals surface area contributed by atoms with Crippen molar-refractivity contribution in [3.05, 3.63) is 65.2 Å². The minimum absolute atomic E-state index is 0.195. The first-order valence-electron chi connectivity index (χ1n) is 11.8. The van der Waals surface area contributed by atoms with E-state index in [4.69, 9.17) is 4.74 Å². The first kappa shape index (κ1) is 24.4. The van der Waals surface area contributed by atoms with Gasteiger partial charge in [-0.15, -0.1) is 0 Å². The summed E-state index contributed by atoms with van der Waals surface area (Å²) in [5, 5.41) is 2.98. The lowest BCUT2D eigenvalue weighted by atomic mass is 10.1. The van der Waals surface area contributed by atoms with Gasteiger partial charge in [-0.25, -0.2) is 8.42 Å². The van der Waals surface area contributed by atoms with Crippen molar-refractivity contribution >= 4 is 21.8 Å². The maximum atomic E-state index is 13.0. The molecule has 0 spiro atoms. The number of aliphatic imine (C=N–C) groups is 1. The largest absolute Gasteiger partial charge is 0.379 e. The van der Waals surface area contributed by atoms with E-state index < -0.39 is 16.1 Å². The van der Waals surface area contributed by atoms with Crippen LogP contribution in [0.15, 0.2) is 58.4 Å². The molecule has 0 aromatic heterocycles. The summed E-state index contributed by atoms with van der Waals surface area (Å²) >= 11 is 0. The van der Waals surface area contributed by atoms with E-state index in [1.54, 1.807) is 24.3 Å². The molecule has 2 heterocycles. The van der Waals surface area contributed by atoms with Gasteiger partial charge in [0.25, 0.3) is 10.0 Å². The van der Waals surface area contributed by atoms with Gasteiger partial charge in [-0.1, -0.05) is 56.2 Å². The smallest absolute Gasteiger partial charge is 0.263 e. The van der Waals surface area contributed by atoms with Crippen LogP contribution in [0.1, 0.15) is 42.9 Å². The number of rotatable bonds is 9. The zero-order valence-electron chi connectivity index (χ0n) is 19.5. The number of sulfonamides is 1. The Hall–Kier alpha value is -2.75. The third-order valence-corrected chi connectivity index (χ3v) is 7.48. The normalized spacial score (nSPS) is 19.4. The molecule has 0 radical (unpaired) electrons. The Morgan fingerprint density at radius 1 is 1.12 bits per heavy atom. The first-order chi connectivity index (χ1) is 16.5. The molecular formula is C25H32N4O4S. The fourth-order valence-corrected chi connectivity index (χ4v) is 5.36. The van der Waals surface area contributed by atoms with E-state index in [9.17, 15) is 13.2 Å². The third-order valence-electron chi connectivity index (χ3n) is 6.08. The molecule has 1 unspecified atom stereocenters. The number of carbonyl (C=O) groups excluding carboxylic acids is 1. The number of amides is 1. The summed E-state index contributed by atoms with van der Waals surface area (Å²) in [6, 6.07) is 14.3. The van der Waals surface area contributed by atoms with Crippen molar-refractivity contribution in [2.75, 3.05) is 26.3 Å². The number of ether oxygens (including phenoxy) is 1. The number of morpholine rings is 1. The van der Waals surface area contributed by atoms with Crippen molar-refractivity contribution in [3.8, 4) is 0 Å². The van der Waals surface area contributed by atoms with Gasteiger partial charge in [0.15, 0.2) is 0 Å². The molecular weight excluding hydrogens is 452 g/mol. The van der Waals surface area contributed by atoms with Gasteiger partial charge < -0.3 is 10.1 Å². The summed E-state index contributed by atoms with van der Waals surface area (Å²) in [5.74, 6) is 0.0289. The maximum absolute atomic E-state index is 13.0. The number of nitrogens with one attached hydrogen (secondary N) is 2. The molecule has 1 amide bonds. The van der Waals surface area contributed by atoms with Crippen LogP contribution in [-0.4, -0.2) is 57.4 Å². The van der Waals surface area contributed by atoms with Crippen LogP contribution in [0.2, 0.25) is 0 Å². The van der Waals surface area contributed by atoms with Crippen LogP contribution in [-0.2, 0) is 32.6 Å². The highest BCUT2D eigenvalue weighted by Crippen LogP contribution is 2.23. The molecule has 1 atom stereocenters. The van der Waals surface area contributed by atoms with E-state index in [2.05, 4.69) is 32.1 Å². The van der Waals surface area contributed by atoms with E-state index in [-0.39, 0.29) is 16.6 Å². The number of nitrogens with zero attached hydrogens (tertiary/aromatic N) is 2. The zero-order valence-corrected chi connectivity index (χ0v) is 20.3. The molecule has 1 fully saturated rings. The summed E-state index contributed by atoms with van der Waals surface area (Å²) in [6.45, 7) is 6.78. The number of amidine groups is 1. The van der Waals surface area contributed by atoms with Gasteiger partial charge in [-0.2, -0.15) is 0 Å². The molecule has 2 N–H and O–H groups in total. The molecule has 0 saturated carbocycles. The Morgan fingerprint density at radius 3 is 2.56 bits per heavy atom. The second kappa shape index (κ2) is 11.1. The van der Waals surface area contributed by atoms with Crippen LogP contribution in [0.4, 0.5) is 0 Å². The number of hydrogen-bond acceptors (Lipinski definition) is 6. The van der Waals surface area contributed by atoms with Crippen molar-refractivity contribution in [1.29, 1.82) is 0 Å². The number of hydrogen-bond donors (Lipinski definition) is 2. The van der Waals surface area contributed by atoms with Crippen LogP contribution >= 0.6 is 0 Å². The van der Waals surface area contributed by atoms with Gasteiger partial charge in [-0.3, -0.25) is 19.4 Å². The Balaban J connectivity index is 1.40. The predicted octanol–water partition coefficient (Wildman–Crippen LogP) is 2.43. The van der Waals surface area contributed by atoms with Crippen LogP contribution in [0.3, 0.4) is 0 Å². The van der Waals surface area contributed by atoms with Gasteiger partial charge in [0, 0.05) is 31.7 Å². The Kier molecular flexibility index (Phi) is 7.97. The van der Waals surface area contributed by atoms with Crippen molar-refractivity contribution in [2.24, 2.45) is 4.99 Å². The molecule has 2 aromatic carbocycles. The SMILES string of the molecule is CCCCC(N=C1NS(=O)(=O)c2ccccc21)C(=O)NCc1ccc(CN2CCOCC2)cc1. The van der Waals surface area contributed by atoms with Crippen LogP contribution in [0.25, 0.3) is 0 Å². The minimum Gasteiger partial charge on any atom is -0.379 e. The van der Waals surface area contributed by atoms with E-state index in [1.165, 1.54) is 5.56 Å². The third kappa shape index (κ3) is 6.02. The van der Waals surface area contributed by atoms with Gasteiger partial charge in [0.2, 0.25) is 5.91 Å². The molecule has 8 nitrogen and oxygen atoms in total. The molecule has 1 saturated heterocycles. The molecule has 0 aliphatic carbocycles. The van der Waals surface area contributed by atoms with Crippen molar-refractivity contribution in [2.45, 2.75) is 50.2 Å². The average molecular weight is 485 g/mol. The number of unbranched alkanes of at least 4 members (excludes halogenated alkanes) is 1. The van der Waals surface area contributed by atoms with Crippen LogP contribution in [0.5, 0.6) is 0 Å². The second-order valence-electron chi connectivity index (χ2n) is 8.66. The zero-order chi connectivity index (χ0) is 24.0. The molecule has 2 aliphatic heterocycles. The van der Waals surface area contributed by atoms with Crippen LogP contribution in [0, 0.1) is 0 Å². The average Bonchev–Trinajstić information content (AvgIpc) is 3.11. The lowest BCUT2D eigenvalue weighted by Gasteiger charge is -2.26. The summed E-state index contributed by atoms with van der Waals surface area (Å²) in [7, 11) is -3.64. The second-order valence-corrected chi connectivity index (χ2v) is 10.3. The van der Waals surface area contributed by atoms with Gasteiger partial charge in [-0.05, 0) is 29.7 Å². The Bertz CT molecular complexity index is 1130. The van der Waals surface area contributed by atoms with Crippen molar-refractivity contribution in [1.82, 2.24) is 14.9 Å². The van der Waals surface area contributed by atoms with E-state index in [0.717, 1.165) is 51.3 Å². The van der Waals surface area contributed by atoms with Gasteiger partial charge in [0.05, 0.1) is 18.1 Å². The Labute approximate surface area is 201 Å². The number of fused-ring (bicyclic) bond motifs is 1. The summed E-state index contributed by atoms with van der Waals surface area (Å²) in [4.78, 5) is 20.1. The molecule has 2 aromatic rings. The summed E-state index contributed by atoms with van der Waals surface area (Å²) in [6.07, 6.45) is 2.29. The fourth-order valence-electron chi connectivity index (χ4n) is 4.12. The fraction of sp³-hybridized carbons (Fsp3) is 0.440. The molecule has 2 aliphatic rings. The summed E-state index contributed by atoms with van der Waals surface area (Å²) < 4.78 is 32.7.